The largest absolute Gasteiger partial charge is 0.288 e. The second-order valence-corrected chi connectivity index (χ2v) is 4.54. The lowest BCUT2D eigenvalue weighted by molar-refractivity contribution is 0.757. The molecule has 0 radical (unpaired) electrons. The zero-order valence-corrected chi connectivity index (χ0v) is 9.73. The fourth-order valence-electron chi connectivity index (χ4n) is 1.64. The summed E-state index contributed by atoms with van der Waals surface area (Å²) in [7, 11) is 0. The lowest BCUT2D eigenvalue weighted by atomic mass is 10.1. The Morgan fingerprint density at radius 1 is 1.00 bits per heavy atom. The highest BCUT2D eigenvalue weighted by molar-refractivity contribution is 5.38. The number of imidazole rings is 1. The lowest BCUT2D eigenvalue weighted by Gasteiger charge is -2.08. The van der Waals surface area contributed by atoms with E-state index >= 15 is 0 Å². The number of fused-ring (bicyclic) bond motifs is 1. The number of nitrogens with zero attached hydrogens (tertiary/aromatic N) is 3. The molecule has 0 aliphatic heterocycles. The first-order valence-corrected chi connectivity index (χ1v) is 5.42. The fraction of sp³-hybridized carbons (Fsp3) is 0.500. The van der Waals surface area contributed by atoms with E-state index in [9.17, 15) is 0 Å². The summed E-state index contributed by atoms with van der Waals surface area (Å²) in [5, 5.41) is 0. The van der Waals surface area contributed by atoms with E-state index in [2.05, 4.69) is 48.3 Å². The average molecular weight is 203 g/mol. The molecule has 15 heavy (non-hydrogen) atoms. The van der Waals surface area contributed by atoms with E-state index in [-0.39, 0.29) is 0 Å². The van der Waals surface area contributed by atoms with Gasteiger partial charge in [0.25, 0.3) is 0 Å². The molecule has 2 aromatic rings. The predicted molar refractivity (Wildman–Crippen MR) is 61.2 cm³/mol. The van der Waals surface area contributed by atoms with Crippen LogP contribution in [0, 0.1) is 0 Å². The first-order chi connectivity index (χ1) is 7.09. The van der Waals surface area contributed by atoms with E-state index in [1.807, 2.05) is 12.4 Å². The monoisotopic (exact) mass is 203 g/mol. The normalized spacial score (nSPS) is 11.9. The van der Waals surface area contributed by atoms with Gasteiger partial charge >= 0.3 is 0 Å². The molecule has 0 unspecified atom stereocenters. The van der Waals surface area contributed by atoms with E-state index in [1.165, 1.54) is 5.56 Å². The standard InChI is InChI=1S/C12H17N3/c1-8(2)10-5-13-11-6-14-12(9(3)4)15(11)7-10/h5-9H,1-4H3. The van der Waals surface area contributed by atoms with Crippen LogP contribution in [-0.2, 0) is 0 Å². The van der Waals surface area contributed by atoms with Crippen molar-refractivity contribution < 1.29 is 0 Å². The molecule has 2 rings (SSSR count). The van der Waals surface area contributed by atoms with Gasteiger partial charge < -0.3 is 0 Å². The van der Waals surface area contributed by atoms with Crippen molar-refractivity contribution in [3.05, 3.63) is 30.0 Å². The van der Waals surface area contributed by atoms with E-state index < -0.39 is 0 Å². The molecule has 0 spiro atoms. The second-order valence-electron chi connectivity index (χ2n) is 4.54. The summed E-state index contributed by atoms with van der Waals surface area (Å²) in [6.07, 6.45) is 5.92. The topological polar surface area (TPSA) is 30.2 Å². The summed E-state index contributed by atoms with van der Waals surface area (Å²) in [6.45, 7) is 8.65. The summed E-state index contributed by atoms with van der Waals surface area (Å²) in [5.74, 6) is 2.01. The molecule has 0 aromatic carbocycles. The summed E-state index contributed by atoms with van der Waals surface area (Å²) in [5.41, 5.74) is 2.19. The molecule has 0 bridgehead atoms. The second kappa shape index (κ2) is 3.65. The molecule has 0 saturated heterocycles. The summed E-state index contributed by atoms with van der Waals surface area (Å²) in [4.78, 5) is 8.80. The first kappa shape index (κ1) is 10.1. The van der Waals surface area contributed by atoms with Crippen LogP contribution in [-0.4, -0.2) is 14.4 Å². The fourth-order valence-corrected chi connectivity index (χ4v) is 1.64. The highest BCUT2D eigenvalue weighted by atomic mass is 15.1. The summed E-state index contributed by atoms with van der Waals surface area (Å²) < 4.78 is 2.10. The number of rotatable bonds is 2. The van der Waals surface area contributed by atoms with Crippen molar-refractivity contribution in [3.8, 4) is 0 Å². The van der Waals surface area contributed by atoms with Gasteiger partial charge in [0.05, 0.1) is 6.20 Å². The van der Waals surface area contributed by atoms with Crippen molar-refractivity contribution in [2.45, 2.75) is 39.5 Å². The third kappa shape index (κ3) is 1.74. The maximum Gasteiger partial charge on any atom is 0.156 e. The minimum Gasteiger partial charge on any atom is -0.288 e. The smallest absolute Gasteiger partial charge is 0.156 e. The molecule has 2 aromatic heterocycles. The van der Waals surface area contributed by atoms with E-state index in [4.69, 9.17) is 0 Å². The average Bonchev–Trinajstić information content (AvgIpc) is 2.59. The van der Waals surface area contributed by atoms with Gasteiger partial charge in [-0.3, -0.25) is 4.40 Å². The molecular weight excluding hydrogens is 186 g/mol. The first-order valence-electron chi connectivity index (χ1n) is 5.42. The van der Waals surface area contributed by atoms with Gasteiger partial charge in [0.2, 0.25) is 0 Å². The maximum absolute atomic E-state index is 4.41. The van der Waals surface area contributed by atoms with Gasteiger partial charge in [-0.1, -0.05) is 27.7 Å². The Labute approximate surface area is 90.2 Å². The Kier molecular flexibility index (Phi) is 2.47. The quantitative estimate of drug-likeness (QED) is 0.751. The molecule has 80 valence electrons. The lowest BCUT2D eigenvalue weighted by Crippen LogP contribution is -2.00. The van der Waals surface area contributed by atoms with Gasteiger partial charge in [-0.05, 0) is 11.5 Å². The van der Waals surface area contributed by atoms with E-state index in [1.54, 1.807) is 0 Å². The molecule has 2 heterocycles. The highest BCUT2D eigenvalue weighted by Gasteiger charge is 2.09. The van der Waals surface area contributed by atoms with Gasteiger partial charge in [-0.2, -0.15) is 0 Å². The molecule has 0 fully saturated rings. The Hall–Kier alpha value is -1.38. The van der Waals surface area contributed by atoms with Crippen LogP contribution < -0.4 is 0 Å². The Bertz CT molecular complexity index is 469. The SMILES string of the molecule is CC(C)c1cnc2cnc(C(C)C)n2c1. The van der Waals surface area contributed by atoms with Crippen LogP contribution in [0.1, 0.15) is 50.9 Å². The molecular formula is C12H17N3. The van der Waals surface area contributed by atoms with E-state index in [0.717, 1.165) is 11.5 Å². The molecule has 0 atom stereocenters. The minimum atomic E-state index is 0.428. The zero-order chi connectivity index (χ0) is 11.0. The van der Waals surface area contributed by atoms with Crippen LogP contribution >= 0.6 is 0 Å². The summed E-state index contributed by atoms with van der Waals surface area (Å²) in [6, 6.07) is 0. The van der Waals surface area contributed by atoms with Gasteiger partial charge in [-0.25, -0.2) is 9.97 Å². The van der Waals surface area contributed by atoms with Crippen molar-refractivity contribution in [2.75, 3.05) is 0 Å². The molecule has 0 amide bonds. The minimum absolute atomic E-state index is 0.428. The summed E-state index contributed by atoms with van der Waals surface area (Å²) >= 11 is 0. The molecule has 0 saturated carbocycles. The third-order valence-corrected chi connectivity index (χ3v) is 2.61. The number of hydrogen-bond acceptors (Lipinski definition) is 2. The molecule has 3 nitrogen and oxygen atoms in total. The van der Waals surface area contributed by atoms with Gasteiger partial charge in [0.1, 0.15) is 5.82 Å². The van der Waals surface area contributed by atoms with Crippen molar-refractivity contribution >= 4 is 5.65 Å². The van der Waals surface area contributed by atoms with Crippen molar-refractivity contribution in [1.29, 1.82) is 0 Å². The Morgan fingerprint density at radius 2 is 1.73 bits per heavy atom. The number of hydrogen-bond donors (Lipinski definition) is 0. The maximum atomic E-state index is 4.41. The predicted octanol–water partition coefficient (Wildman–Crippen LogP) is 2.98. The number of aromatic nitrogens is 3. The van der Waals surface area contributed by atoms with Crippen molar-refractivity contribution in [1.82, 2.24) is 14.4 Å². The highest BCUT2D eigenvalue weighted by Crippen LogP contribution is 2.18. The Morgan fingerprint density at radius 3 is 2.33 bits per heavy atom. The zero-order valence-electron chi connectivity index (χ0n) is 9.73. The van der Waals surface area contributed by atoms with Gasteiger partial charge in [0.15, 0.2) is 5.65 Å². The Balaban J connectivity index is 2.61. The molecule has 0 aliphatic rings. The van der Waals surface area contributed by atoms with Crippen LogP contribution in [0.15, 0.2) is 18.6 Å². The molecule has 0 N–H and O–H groups in total. The van der Waals surface area contributed by atoms with Crippen molar-refractivity contribution in [3.63, 3.8) is 0 Å². The van der Waals surface area contributed by atoms with Crippen LogP contribution in [0.2, 0.25) is 0 Å². The van der Waals surface area contributed by atoms with Crippen LogP contribution in [0.25, 0.3) is 5.65 Å². The van der Waals surface area contributed by atoms with Gasteiger partial charge in [0, 0.05) is 18.3 Å². The van der Waals surface area contributed by atoms with E-state index in [0.29, 0.717) is 11.8 Å². The van der Waals surface area contributed by atoms with Crippen LogP contribution in [0.4, 0.5) is 0 Å². The van der Waals surface area contributed by atoms with Crippen LogP contribution in [0.5, 0.6) is 0 Å². The van der Waals surface area contributed by atoms with Crippen LogP contribution in [0.3, 0.4) is 0 Å². The van der Waals surface area contributed by atoms with Crippen molar-refractivity contribution in [2.24, 2.45) is 0 Å². The molecule has 3 heteroatoms. The third-order valence-electron chi connectivity index (χ3n) is 2.61. The van der Waals surface area contributed by atoms with Gasteiger partial charge in [-0.15, -0.1) is 0 Å². The molecule has 0 aliphatic carbocycles.